The Balaban J connectivity index is 2.22. The maximum atomic E-state index is 10.8. The lowest BCUT2D eigenvalue weighted by atomic mass is 10.7. The van der Waals surface area contributed by atoms with Gasteiger partial charge in [0.25, 0.3) is 0 Å². The Morgan fingerprint density at radius 3 is 2.75 bits per heavy atom. The zero-order valence-corrected chi connectivity index (χ0v) is 11.8. The molecule has 5 nitrogen and oxygen atoms in total. The van der Waals surface area contributed by atoms with Crippen LogP contribution in [0.1, 0.15) is 0 Å². The van der Waals surface area contributed by atoms with Gasteiger partial charge in [-0.05, 0) is 19.6 Å². The van der Waals surface area contributed by atoms with E-state index in [4.69, 9.17) is 13.9 Å². The van der Waals surface area contributed by atoms with Gasteiger partial charge in [-0.25, -0.2) is 4.79 Å². The Hall–Kier alpha value is -0.243. The maximum Gasteiger partial charge on any atom is 0.510 e. The van der Waals surface area contributed by atoms with Gasteiger partial charge in [-0.1, -0.05) is 0 Å². The Morgan fingerprint density at radius 1 is 1.50 bits per heavy atom. The predicted octanol–water partition coefficient (Wildman–Crippen LogP) is 2.04. The number of hydrogen-bond donors (Lipinski definition) is 0. The number of carbonyl (C=O) groups excluding carboxylic acids is 1. The van der Waals surface area contributed by atoms with Crippen LogP contribution in [0.5, 0.6) is 0 Å². The molecule has 1 fully saturated rings. The third kappa shape index (κ3) is 5.20. The Bertz CT molecular complexity index is 243. The fourth-order valence-electron chi connectivity index (χ4n) is 1.06. The molecule has 2 atom stereocenters. The van der Waals surface area contributed by atoms with Crippen molar-refractivity contribution in [2.24, 2.45) is 0 Å². The molecule has 1 aliphatic rings. The molecule has 1 saturated heterocycles. The molecular weight excluding hydrogens is 248 g/mol. The summed E-state index contributed by atoms with van der Waals surface area (Å²) in [6, 6.07) is 0. The van der Waals surface area contributed by atoms with Gasteiger partial charge in [0.15, 0.2) is 8.32 Å². The quantitative estimate of drug-likeness (QED) is 0.573. The molecule has 0 bridgehead atoms. The molecule has 0 spiro atoms. The smallest absolute Gasteiger partial charge is 0.438 e. The molecule has 0 aromatic rings. The number of thioether (sulfide) groups is 1. The van der Waals surface area contributed by atoms with E-state index >= 15 is 0 Å². The second-order valence-electron chi connectivity index (χ2n) is 4.32. The molecule has 1 aliphatic heterocycles. The molecule has 0 aromatic carbocycles. The number of methoxy groups -OCH3 is 1. The average Bonchev–Trinajstić information content (AvgIpc) is 2.61. The van der Waals surface area contributed by atoms with Crippen LogP contribution in [0.3, 0.4) is 0 Å². The van der Waals surface area contributed by atoms with Crippen molar-refractivity contribution in [1.29, 1.82) is 0 Å². The highest BCUT2D eigenvalue weighted by Gasteiger charge is 2.30. The Kier molecular flexibility index (Phi) is 5.10. The summed E-state index contributed by atoms with van der Waals surface area (Å²) in [7, 11) is -0.237. The van der Waals surface area contributed by atoms with Crippen molar-refractivity contribution < 1.29 is 23.4 Å². The number of ether oxygens (including phenoxy) is 3. The van der Waals surface area contributed by atoms with Gasteiger partial charge >= 0.3 is 6.16 Å². The van der Waals surface area contributed by atoms with Crippen molar-refractivity contribution >= 4 is 26.2 Å². The van der Waals surface area contributed by atoms with E-state index in [0.717, 1.165) is 0 Å². The lowest BCUT2D eigenvalue weighted by molar-refractivity contribution is -0.109. The van der Waals surface area contributed by atoms with Gasteiger partial charge in [0.05, 0.1) is 19.5 Å². The van der Waals surface area contributed by atoms with Crippen LogP contribution in [-0.4, -0.2) is 45.7 Å². The minimum atomic E-state index is -1.51. The van der Waals surface area contributed by atoms with E-state index in [0.29, 0.717) is 12.4 Å². The monoisotopic (exact) mass is 266 g/mol. The highest BCUT2D eigenvalue weighted by Crippen LogP contribution is 2.27. The second-order valence-corrected chi connectivity index (χ2v) is 10.0. The topological polar surface area (TPSA) is 54.0 Å². The number of hydrogen-bond acceptors (Lipinski definition) is 6. The summed E-state index contributed by atoms with van der Waals surface area (Å²) in [5.74, 6) is 0.620. The van der Waals surface area contributed by atoms with Crippen molar-refractivity contribution in [2.45, 2.75) is 31.4 Å². The van der Waals surface area contributed by atoms with Gasteiger partial charge < -0.3 is 18.6 Å². The highest BCUT2D eigenvalue weighted by atomic mass is 32.2. The van der Waals surface area contributed by atoms with Crippen molar-refractivity contribution in [2.75, 3.05) is 19.5 Å². The van der Waals surface area contributed by atoms with Crippen LogP contribution in [0.4, 0.5) is 4.79 Å². The summed E-state index contributed by atoms with van der Waals surface area (Å²) >= 11 is 1.59. The van der Waals surface area contributed by atoms with Crippen molar-refractivity contribution in [1.82, 2.24) is 0 Å². The normalized spacial score (nSPS) is 25.5. The standard InChI is InChI=1S/C9H18O5SSi/c1-11-9(10)14-7-6-15-8(13-7)5-12-16(2,3)4/h7-8H,5-6H2,1-4H3. The average molecular weight is 266 g/mol. The first kappa shape index (κ1) is 13.8. The Morgan fingerprint density at radius 2 is 2.19 bits per heavy atom. The summed E-state index contributed by atoms with van der Waals surface area (Å²) in [6.07, 6.45) is -1.23. The molecular formula is C9H18O5SSi. The first-order chi connectivity index (χ1) is 7.40. The van der Waals surface area contributed by atoms with Gasteiger partial charge in [0, 0.05) is 0 Å². The van der Waals surface area contributed by atoms with Gasteiger partial charge in [-0.3, -0.25) is 0 Å². The fourth-order valence-corrected chi connectivity index (χ4v) is 2.71. The molecule has 0 aliphatic carbocycles. The zero-order valence-electron chi connectivity index (χ0n) is 10.0. The molecule has 0 N–H and O–H groups in total. The van der Waals surface area contributed by atoms with Gasteiger partial charge in [-0.15, -0.1) is 11.8 Å². The third-order valence-corrected chi connectivity index (χ3v) is 3.88. The van der Waals surface area contributed by atoms with Crippen molar-refractivity contribution in [3.63, 3.8) is 0 Å². The molecule has 2 unspecified atom stereocenters. The van der Waals surface area contributed by atoms with Crippen LogP contribution in [0.15, 0.2) is 0 Å². The van der Waals surface area contributed by atoms with Crippen LogP contribution in [0, 0.1) is 0 Å². The van der Waals surface area contributed by atoms with E-state index in [1.165, 1.54) is 7.11 Å². The summed E-state index contributed by atoms with van der Waals surface area (Å²) in [5.41, 5.74) is -0.0543. The first-order valence-corrected chi connectivity index (χ1v) is 9.52. The molecule has 0 aromatic heterocycles. The zero-order chi connectivity index (χ0) is 12.2. The van der Waals surface area contributed by atoms with E-state index in [-0.39, 0.29) is 5.44 Å². The van der Waals surface area contributed by atoms with Gasteiger partial charge in [0.1, 0.15) is 5.44 Å². The molecule has 94 valence electrons. The van der Waals surface area contributed by atoms with E-state index in [9.17, 15) is 4.79 Å². The minimum Gasteiger partial charge on any atom is -0.438 e. The Labute approximate surface area is 101 Å². The van der Waals surface area contributed by atoms with Crippen LogP contribution in [0.2, 0.25) is 19.6 Å². The number of rotatable bonds is 4. The summed E-state index contributed by atoms with van der Waals surface area (Å²) in [6.45, 7) is 6.90. The lowest BCUT2D eigenvalue weighted by Gasteiger charge is -2.20. The SMILES string of the molecule is COC(=O)OC1CSC(CO[Si](C)(C)C)O1. The summed E-state index contributed by atoms with van der Waals surface area (Å²) < 4.78 is 20.4. The van der Waals surface area contributed by atoms with E-state index in [2.05, 4.69) is 24.4 Å². The third-order valence-electron chi connectivity index (χ3n) is 1.77. The molecule has 1 rings (SSSR count). The van der Waals surface area contributed by atoms with Crippen LogP contribution >= 0.6 is 11.8 Å². The fraction of sp³-hybridized carbons (Fsp3) is 0.889. The van der Waals surface area contributed by atoms with Crippen LogP contribution in [-0.2, 0) is 18.6 Å². The molecule has 16 heavy (non-hydrogen) atoms. The maximum absolute atomic E-state index is 10.8. The van der Waals surface area contributed by atoms with Crippen molar-refractivity contribution in [3.05, 3.63) is 0 Å². The van der Waals surface area contributed by atoms with E-state index < -0.39 is 20.8 Å². The summed E-state index contributed by atoms with van der Waals surface area (Å²) in [5, 5.41) is 0. The van der Waals surface area contributed by atoms with E-state index in [1.54, 1.807) is 11.8 Å². The molecule has 1 heterocycles. The van der Waals surface area contributed by atoms with Gasteiger partial charge in [0.2, 0.25) is 6.29 Å². The van der Waals surface area contributed by atoms with Crippen molar-refractivity contribution in [3.8, 4) is 0 Å². The van der Waals surface area contributed by atoms with Gasteiger partial charge in [-0.2, -0.15) is 0 Å². The lowest BCUT2D eigenvalue weighted by Crippen LogP contribution is -2.30. The largest absolute Gasteiger partial charge is 0.510 e. The molecule has 0 amide bonds. The molecule has 0 saturated carbocycles. The van der Waals surface area contributed by atoms with Crippen LogP contribution in [0.25, 0.3) is 0 Å². The second kappa shape index (κ2) is 5.90. The molecule has 7 heteroatoms. The predicted molar refractivity (Wildman–Crippen MR) is 63.9 cm³/mol. The number of carbonyl (C=O) groups is 1. The van der Waals surface area contributed by atoms with Crippen LogP contribution < -0.4 is 0 Å². The first-order valence-electron chi connectivity index (χ1n) is 5.06. The van der Waals surface area contributed by atoms with E-state index in [1.807, 2.05) is 0 Å². The summed E-state index contributed by atoms with van der Waals surface area (Å²) in [4.78, 5) is 10.8. The molecule has 0 radical (unpaired) electrons. The highest BCUT2D eigenvalue weighted by molar-refractivity contribution is 8.00. The minimum absolute atomic E-state index is 0.0543.